The summed E-state index contributed by atoms with van der Waals surface area (Å²) in [7, 11) is 0. The van der Waals surface area contributed by atoms with Crippen LogP contribution in [0.4, 0.5) is 0 Å². The minimum Gasteiger partial charge on any atom is -0.390 e. The van der Waals surface area contributed by atoms with Gasteiger partial charge < -0.3 is 20.1 Å². The maximum absolute atomic E-state index is 9.27. The van der Waals surface area contributed by atoms with Gasteiger partial charge in [-0.25, -0.2) is 0 Å². The molecule has 0 spiro atoms. The Morgan fingerprint density at radius 2 is 2.00 bits per heavy atom. The van der Waals surface area contributed by atoms with Gasteiger partial charge in [0, 0.05) is 6.42 Å². The lowest BCUT2D eigenvalue weighted by Gasteiger charge is -2.34. The van der Waals surface area contributed by atoms with E-state index in [1.54, 1.807) is 0 Å². The van der Waals surface area contributed by atoms with E-state index in [-0.39, 0.29) is 6.42 Å². The van der Waals surface area contributed by atoms with Gasteiger partial charge in [-0.3, -0.25) is 0 Å². The number of hydrogen-bond acceptors (Lipinski definition) is 4. The molecule has 1 rings (SSSR count). The molecule has 0 aromatic heterocycles. The van der Waals surface area contributed by atoms with Gasteiger partial charge in [-0.15, -0.1) is 0 Å². The molecular weight excluding hydrogens is 148 g/mol. The number of ether oxygens (including phenoxy) is 1. The van der Waals surface area contributed by atoms with E-state index in [2.05, 4.69) is 0 Å². The van der Waals surface area contributed by atoms with Gasteiger partial charge in [0.05, 0.1) is 12.2 Å². The second-order valence-corrected chi connectivity index (χ2v) is 2.83. The van der Waals surface area contributed by atoms with Crippen LogP contribution in [0.5, 0.6) is 0 Å². The summed E-state index contributed by atoms with van der Waals surface area (Å²) in [5.41, 5.74) is 0. The molecule has 0 saturated carbocycles. The molecule has 0 bridgehead atoms. The van der Waals surface area contributed by atoms with Crippen LogP contribution in [0.2, 0.25) is 0 Å². The largest absolute Gasteiger partial charge is 0.390 e. The van der Waals surface area contributed by atoms with E-state index in [0.29, 0.717) is 6.42 Å². The van der Waals surface area contributed by atoms with Crippen molar-refractivity contribution in [3.63, 3.8) is 0 Å². The third-order valence-electron chi connectivity index (χ3n) is 1.95. The van der Waals surface area contributed by atoms with Crippen molar-refractivity contribution in [3.8, 4) is 0 Å². The molecule has 0 radical (unpaired) electrons. The molecular formula is C7H14O4. The highest BCUT2D eigenvalue weighted by molar-refractivity contribution is 4.81. The van der Waals surface area contributed by atoms with Gasteiger partial charge in [0.25, 0.3) is 0 Å². The van der Waals surface area contributed by atoms with Crippen molar-refractivity contribution >= 4 is 0 Å². The molecule has 4 nitrogen and oxygen atoms in total. The van der Waals surface area contributed by atoms with Crippen LogP contribution < -0.4 is 0 Å². The van der Waals surface area contributed by atoms with Crippen LogP contribution in [0, 0.1) is 0 Å². The van der Waals surface area contributed by atoms with Crippen molar-refractivity contribution in [2.24, 2.45) is 0 Å². The van der Waals surface area contributed by atoms with Crippen molar-refractivity contribution in [3.05, 3.63) is 0 Å². The van der Waals surface area contributed by atoms with Gasteiger partial charge in [-0.05, 0) is 6.42 Å². The third-order valence-corrected chi connectivity index (χ3v) is 1.95. The molecule has 0 aliphatic carbocycles. The van der Waals surface area contributed by atoms with Gasteiger partial charge in [-0.1, -0.05) is 6.92 Å². The summed E-state index contributed by atoms with van der Waals surface area (Å²) in [4.78, 5) is 0. The predicted molar refractivity (Wildman–Crippen MR) is 37.8 cm³/mol. The van der Waals surface area contributed by atoms with Gasteiger partial charge in [0.2, 0.25) is 0 Å². The van der Waals surface area contributed by atoms with Gasteiger partial charge in [0.15, 0.2) is 6.29 Å². The fourth-order valence-electron chi connectivity index (χ4n) is 1.27. The van der Waals surface area contributed by atoms with Crippen LogP contribution in [-0.2, 0) is 4.74 Å². The first-order valence-electron chi connectivity index (χ1n) is 3.84. The van der Waals surface area contributed by atoms with Crippen LogP contribution in [-0.4, -0.2) is 39.9 Å². The van der Waals surface area contributed by atoms with Crippen LogP contribution >= 0.6 is 0 Å². The van der Waals surface area contributed by atoms with Crippen LogP contribution in [0.25, 0.3) is 0 Å². The summed E-state index contributed by atoms with van der Waals surface area (Å²) >= 11 is 0. The maximum atomic E-state index is 9.27. The number of aliphatic hydroxyl groups excluding tert-OH is 3. The molecule has 3 N–H and O–H groups in total. The fraction of sp³-hybridized carbons (Fsp3) is 1.00. The highest BCUT2D eigenvalue weighted by atomic mass is 16.6. The third kappa shape index (κ3) is 1.90. The minimum absolute atomic E-state index is 0.0949. The van der Waals surface area contributed by atoms with E-state index in [4.69, 9.17) is 14.9 Å². The SMILES string of the molecule is CC[C@H]1OC(O)C[C@H](O)[C@H]1O. The minimum atomic E-state index is -0.932. The highest BCUT2D eigenvalue weighted by Crippen LogP contribution is 2.20. The second kappa shape index (κ2) is 3.49. The van der Waals surface area contributed by atoms with Crippen LogP contribution in [0.1, 0.15) is 19.8 Å². The smallest absolute Gasteiger partial charge is 0.157 e. The van der Waals surface area contributed by atoms with E-state index >= 15 is 0 Å². The maximum Gasteiger partial charge on any atom is 0.157 e. The van der Waals surface area contributed by atoms with Crippen molar-refractivity contribution in [2.45, 2.75) is 44.4 Å². The first-order valence-corrected chi connectivity index (χ1v) is 3.84. The summed E-state index contributed by atoms with van der Waals surface area (Å²) in [5.74, 6) is 0. The van der Waals surface area contributed by atoms with E-state index in [0.717, 1.165) is 0 Å². The first-order chi connectivity index (χ1) is 5.15. The lowest BCUT2D eigenvalue weighted by Crippen LogP contribution is -2.47. The molecule has 0 amide bonds. The summed E-state index contributed by atoms with van der Waals surface area (Å²) < 4.78 is 4.96. The zero-order chi connectivity index (χ0) is 8.43. The van der Waals surface area contributed by atoms with Crippen LogP contribution in [0.3, 0.4) is 0 Å². The second-order valence-electron chi connectivity index (χ2n) is 2.83. The zero-order valence-electron chi connectivity index (χ0n) is 6.47. The number of rotatable bonds is 1. The van der Waals surface area contributed by atoms with Crippen LogP contribution in [0.15, 0.2) is 0 Å². The summed E-state index contributed by atoms with van der Waals surface area (Å²) in [6.45, 7) is 1.83. The van der Waals surface area contributed by atoms with Crippen molar-refractivity contribution in [2.75, 3.05) is 0 Å². The lowest BCUT2D eigenvalue weighted by molar-refractivity contribution is -0.232. The normalized spacial score (nSPS) is 45.8. The van der Waals surface area contributed by atoms with E-state index < -0.39 is 24.6 Å². The Morgan fingerprint density at radius 1 is 1.36 bits per heavy atom. The monoisotopic (exact) mass is 162 g/mol. The molecule has 4 heteroatoms. The molecule has 4 atom stereocenters. The molecule has 66 valence electrons. The Kier molecular flexibility index (Phi) is 2.84. The Morgan fingerprint density at radius 3 is 2.55 bits per heavy atom. The summed E-state index contributed by atoms with van der Waals surface area (Å²) in [5, 5.41) is 27.4. The Balaban J connectivity index is 2.51. The lowest BCUT2D eigenvalue weighted by atomic mass is 10.00. The van der Waals surface area contributed by atoms with E-state index in [9.17, 15) is 5.11 Å². The van der Waals surface area contributed by atoms with Gasteiger partial charge in [0.1, 0.15) is 6.10 Å². The predicted octanol–water partition coefficient (Wildman–Crippen LogP) is -0.774. The standard InChI is InChI=1S/C7H14O4/c1-2-5-7(10)4(8)3-6(9)11-5/h4-10H,2-3H2,1H3/t4-,5+,6?,7+/m0/s1. The molecule has 1 aliphatic rings. The summed E-state index contributed by atoms with van der Waals surface area (Å²) in [6.07, 6.45) is -2.40. The van der Waals surface area contributed by atoms with Crippen molar-refractivity contribution < 1.29 is 20.1 Å². The topological polar surface area (TPSA) is 69.9 Å². The van der Waals surface area contributed by atoms with E-state index in [1.807, 2.05) is 6.92 Å². The first kappa shape index (κ1) is 8.93. The molecule has 1 fully saturated rings. The van der Waals surface area contributed by atoms with Gasteiger partial charge in [-0.2, -0.15) is 0 Å². The molecule has 1 unspecified atom stereocenters. The number of hydrogen-bond donors (Lipinski definition) is 3. The average Bonchev–Trinajstić information content (AvgIpc) is 1.96. The summed E-state index contributed by atoms with van der Waals surface area (Å²) in [6, 6.07) is 0. The van der Waals surface area contributed by atoms with E-state index in [1.165, 1.54) is 0 Å². The van der Waals surface area contributed by atoms with Gasteiger partial charge >= 0.3 is 0 Å². The Labute approximate surface area is 65.4 Å². The fourth-order valence-corrected chi connectivity index (χ4v) is 1.27. The molecule has 11 heavy (non-hydrogen) atoms. The Hall–Kier alpha value is -0.160. The average molecular weight is 162 g/mol. The quantitative estimate of drug-likeness (QED) is 0.473. The molecule has 0 aromatic carbocycles. The Bertz CT molecular complexity index is 128. The highest BCUT2D eigenvalue weighted by Gasteiger charge is 2.34. The van der Waals surface area contributed by atoms with Crippen molar-refractivity contribution in [1.29, 1.82) is 0 Å². The molecule has 1 saturated heterocycles. The zero-order valence-corrected chi connectivity index (χ0v) is 6.47. The van der Waals surface area contributed by atoms with Crippen molar-refractivity contribution in [1.82, 2.24) is 0 Å². The number of aliphatic hydroxyl groups is 3. The molecule has 1 heterocycles. The molecule has 1 aliphatic heterocycles. The molecule has 0 aromatic rings.